The van der Waals surface area contributed by atoms with Gasteiger partial charge in [-0.15, -0.1) is 0 Å². The van der Waals surface area contributed by atoms with Gasteiger partial charge in [-0.1, -0.05) is 15.9 Å². The third kappa shape index (κ3) is 4.79. The van der Waals surface area contributed by atoms with Crippen molar-refractivity contribution in [1.82, 2.24) is 0 Å². The third-order valence-corrected chi connectivity index (χ3v) is 2.87. The number of amides is 1. The maximum Gasteiger partial charge on any atom is 0.412 e. The number of hydrogen-bond acceptors (Lipinski definition) is 2. The fourth-order valence-electron chi connectivity index (χ4n) is 1.06. The van der Waals surface area contributed by atoms with E-state index in [0.717, 1.165) is 0 Å². The predicted molar refractivity (Wildman–Crippen MR) is 76.7 cm³/mol. The average molecular weight is 416 g/mol. The van der Waals surface area contributed by atoms with Crippen LogP contribution in [0.4, 0.5) is 14.9 Å². The summed E-state index contributed by atoms with van der Waals surface area (Å²) in [7, 11) is 0. The summed E-state index contributed by atoms with van der Waals surface area (Å²) in [5.41, 5.74) is -0.516. The maximum absolute atomic E-state index is 13.7. The second kappa shape index (κ2) is 5.51. The minimum atomic E-state index is -0.676. The van der Waals surface area contributed by atoms with E-state index >= 15 is 0 Å². The number of anilines is 1. The first-order chi connectivity index (χ1) is 7.69. The highest BCUT2D eigenvalue weighted by Gasteiger charge is 2.18. The third-order valence-electron chi connectivity index (χ3n) is 1.63. The quantitative estimate of drug-likeness (QED) is 0.540. The number of benzene rings is 1. The van der Waals surface area contributed by atoms with Gasteiger partial charge in [0.1, 0.15) is 5.60 Å². The standard InChI is InChI=1S/C11H12BrFINO2/c1-11(2,3)17-10(16)15-8-5-6(12)4-7(14)9(8)13/h4-5H,1-3H3,(H,15,16). The highest BCUT2D eigenvalue weighted by Crippen LogP contribution is 2.25. The van der Waals surface area contributed by atoms with Crippen molar-refractivity contribution < 1.29 is 13.9 Å². The van der Waals surface area contributed by atoms with Crippen LogP contribution >= 0.6 is 38.5 Å². The lowest BCUT2D eigenvalue weighted by atomic mass is 10.2. The Labute approximate surface area is 121 Å². The van der Waals surface area contributed by atoms with Crippen LogP contribution in [0.3, 0.4) is 0 Å². The van der Waals surface area contributed by atoms with Crippen LogP contribution in [-0.2, 0) is 4.74 Å². The molecule has 0 aliphatic rings. The van der Waals surface area contributed by atoms with Crippen LogP contribution < -0.4 is 5.32 Å². The first-order valence-corrected chi connectivity index (χ1v) is 6.71. The minimum Gasteiger partial charge on any atom is -0.444 e. The van der Waals surface area contributed by atoms with Crippen LogP contribution in [0.5, 0.6) is 0 Å². The molecule has 1 aromatic carbocycles. The number of ether oxygens (including phenoxy) is 1. The Hall–Kier alpha value is -0.370. The normalized spacial score (nSPS) is 11.2. The Balaban J connectivity index is 2.85. The van der Waals surface area contributed by atoms with E-state index in [1.165, 1.54) is 6.07 Å². The first-order valence-electron chi connectivity index (χ1n) is 4.83. The Morgan fingerprint density at radius 1 is 1.47 bits per heavy atom. The van der Waals surface area contributed by atoms with Gasteiger partial charge in [0.25, 0.3) is 0 Å². The molecule has 0 saturated carbocycles. The maximum atomic E-state index is 13.7. The zero-order chi connectivity index (χ0) is 13.2. The summed E-state index contributed by atoms with van der Waals surface area (Å²) >= 11 is 5.09. The van der Waals surface area contributed by atoms with E-state index in [9.17, 15) is 9.18 Å². The Bertz CT molecular complexity index is 446. The fraction of sp³-hybridized carbons (Fsp3) is 0.364. The fourth-order valence-corrected chi connectivity index (χ4v) is 2.57. The van der Waals surface area contributed by atoms with E-state index in [-0.39, 0.29) is 5.69 Å². The van der Waals surface area contributed by atoms with Crippen molar-refractivity contribution in [2.24, 2.45) is 0 Å². The van der Waals surface area contributed by atoms with E-state index in [1.54, 1.807) is 26.8 Å². The van der Waals surface area contributed by atoms with Gasteiger partial charge in [-0.3, -0.25) is 5.32 Å². The molecule has 0 aliphatic carbocycles. The summed E-state index contributed by atoms with van der Waals surface area (Å²) < 4.78 is 19.8. The zero-order valence-electron chi connectivity index (χ0n) is 9.61. The van der Waals surface area contributed by atoms with E-state index in [1.807, 2.05) is 22.6 Å². The summed E-state index contributed by atoms with van der Waals surface area (Å²) in [6, 6.07) is 3.11. The SMILES string of the molecule is CC(C)(C)OC(=O)Nc1cc(Br)cc(I)c1F. The van der Waals surface area contributed by atoms with Crippen molar-refractivity contribution in [2.45, 2.75) is 26.4 Å². The predicted octanol–water partition coefficient (Wildman–Crippen LogP) is 4.54. The first kappa shape index (κ1) is 14.7. The molecule has 0 heterocycles. The number of carbonyl (C=O) groups excluding carboxylic acids is 1. The molecule has 0 bridgehead atoms. The van der Waals surface area contributed by atoms with Crippen molar-refractivity contribution >= 4 is 50.3 Å². The Kier molecular flexibility index (Phi) is 4.77. The molecule has 0 unspecified atom stereocenters. The lowest BCUT2D eigenvalue weighted by Crippen LogP contribution is -2.27. The molecule has 6 heteroatoms. The van der Waals surface area contributed by atoms with Gasteiger partial charge >= 0.3 is 6.09 Å². The van der Waals surface area contributed by atoms with Gasteiger partial charge < -0.3 is 4.74 Å². The molecular weight excluding hydrogens is 404 g/mol. The molecule has 1 rings (SSSR count). The summed E-state index contributed by atoms with van der Waals surface area (Å²) in [6.07, 6.45) is -0.676. The van der Waals surface area contributed by atoms with Crippen LogP contribution in [0.2, 0.25) is 0 Å². The number of hydrogen-bond donors (Lipinski definition) is 1. The molecule has 0 fully saturated rings. The number of rotatable bonds is 1. The van der Waals surface area contributed by atoms with Crippen molar-refractivity contribution in [2.75, 3.05) is 5.32 Å². The summed E-state index contributed by atoms with van der Waals surface area (Å²) in [5.74, 6) is -0.473. The van der Waals surface area contributed by atoms with Crippen LogP contribution in [0.25, 0.3) is 0 Å². The van der Waals surface area contributed by atoms with E-state index in [0.29, 0.717) is 8.04 Å². The second-order valence-corrected chi connectivity index (χ2v) is 6.45. The van der Waals surface area contributed by atoms with Crippen molar-refractivity contribution in [3.63, 3.8) is 0 Å². The monoisotopic (exact) mass is 415 g/mol. The smallest absolute Gasteiger partial charge is 0.412 e. The Morgan fingerprint density at radius 3 is 2.59 bits per heavy atom. The molecule has 1 aromatic rings. The van der Waals surface area contributed by atoms with Gasteiger partial charge in [-0.25, -0.2) is 9.18 Å². The van der Waals surface area contributed by atoms with Crippen molar-refractivity contribution in [3.05, 3.63) is 26.0 Å². The topological polar surface area (TPSA) is 38.3 Å². The molecule has 0 aliphatic heterocycles. The van der Waals surface area contributed by atoms with E-state index < -0.39 is 17.5 Å². The highest BCUT2D eigenvalue weighted by atomic mass is 127. The Morgan fingerprint density at radius 2 is 2.06 bits per heavy atom. The van der Waals surface area contributed by atoms with Gasteiger partial charge in [0.05, 0.1) is 9.26 Å². The van der Waals surface area contributed by atoms with Crippen LogP contribution in [0.15, 0.2) is 16.6 Å². The molecule has 17 heavy (non-hydrogen) atoms. The molecule has 94 valence electrons. The molecule has 0 spiro atoms. The minimum absolute atomic E-state index is 0.0954. The zero-order valence-corrected chi connectivity index (χ0v) is 13.3. The number of nitrogens with one attached hydrogen (secondary N) is 1. The lowest BCUT2D eigenvalue weighted by Gasteiger charge is -2.20. The van der Waals surface area contributed by atoms with Crippen molar-refractivity contribution in [3.8, 4) is 0 Å². The number of carbonyl (C=O) groups is 1. The van der Waals surface area contributed by atoms with Gasteiger partial charge in [0, 0.05) is 4.47 Å². The average Bonchev–Trinajstić information content (AvgIpc) is 2.10. The van der Waals surface area contributed by atoms with Crippen LogP contribution in [-0.4, -0.2) is 11.7 Å². The lowest BCUT2D eigenvalue weighted by molar-refractivity contribution is 0.0635. The summed E-state index contributed by atoms with van der Waals surface area (Å²) in [4.78, 5) is 11.5. The van der Waals surface area contributed by atoms with E-state index in [4.69, 9.17) is 4.74 Å². The summed E-state index contributed by atoms with van der Waals surface area (Å²) in [5, 5.41) is 2.38. The largest absolute Gasteiger partial charge is 0.444 e. The van der Waals surface area contributed by atoms with Gasteiger partial charge in [-0.05, 0) is 55.5 Å². The number of halogens is 3. The van der Waals surface area contributed by atoms with Gasteiger partial charge in [0.2, 0.25) is 0 Å². The molecule has 0 aromatic heterocycles. The second-order valence-electron chi connectivity index (χ2n) is 4.38. The summed E-state index contributed by atoms with van der Waals surface area (Å²) in [6.45, 7) is 5.23. The molecule has 0 radical (unpaired) electrons. The molecular formula is C11H12BrFINO2. The van der Waals surface area contributed by atoms with Gasteiger partial charge in [0.15, 0.2) is 5.82 Å². The van der Waals surface area contributed by atoms with Gasteiger partial charge in [-0.2, -0.15) is 0 Å². The molecule has 1 N–H and O–H groups in total. The molecule has 3 nitrogen and oxygen atoms in total. The van der Waals surface area contributed by atoms with Crippen LogP contribution in [0.1, 0.15) is 20.8 Å². The van der Waals surface area contributed by atoms with E-state index in [2.05, 4.69) is 21.2 Å². The van der Waals surface area contributed by atoms with Crippen LogP contribution in [0, 0.1) is 9.39 Å². The molecule has 0 atom stereocenters. The molecule has 0 saturated heterocycles. The molecule has 1 amide bonds. The van der Waals surface area contributed by atoms with Crippen molar-refractivity contribution in [1.29, 1.82) is 0 Å². The highest BCUT2D eigenvalue weighted by molar-refractivity contribution is 14.1.